The SMILES string of the molecule is O=C(NOCc1ccccc1)C(CO)CC1CCCC1. The molecule has 20 heavy (non-hydrogen) atoms. The zero-order valence-electron chi connectivity index (χ0n) is 11.8. The van der Waals surface area contributed by atoms with Crippen LogP contribution in [0.25, 0.3) is 0 Å². The summed E-state index contributed by atoms with van der Waals surface area (Å²) in [5.74, 6) is 0.0104. The van der Waals surface area contributed by atoms with Gasteiger partial charge in [0, 0.05) is 0 Å². The van der Waals surface area contributed by atoms with E-state index in [2.05, 4.69) is 5.48 Å². The normalized spacial score (nSPS) is 17.1. The minimum atomic E-state index is -0.353. The van der Waals surface area contributed by atoms with Crippen LogP contribution in [-0.2, 0) is 16.2 Å². The number of benzene rings is 1. The van der Waals surface area contributed by atoms with Crippen LogP contribution in [0.1, 0.15) is 37.7 Å². The lowest BCUT2D eigenvalue weighted by atomic mass is 9.93. The summed E-state index contributed by atoms with van der Waals surface area (Å²) in [6, 6.07) is 9.67. The smallest absolute Gasteiger partial charge is 0.248 e. The summed E-state index contributed by atoms with van der Waals surface area (Å²) < 4.78 is 0. The molecule has 0 aromatic heterocycles. The molecule has 2 N–H and O–H groups in total. The molecule has 1 aliphatic carbocycles. The lowest BCUT2D eigenvalue weighted by molar-refractivity contribution is -0.140. The van der Waals surface area contributed by atoms with Gasteiger partial charge in [-0.3, -0.25) is 9.63 Å². The molecule has 0 aliphatic heterocycles. The average Bonchev–Trinajstić information content (AvgIpc) is 2.98. The molecule has 1 atom stereocenters. The maximum atomic E-state index is 12.0. The summed E-state index contributed by atoms with van der Waals surface area (Å²) in [7, 11) is 0. The first-order valence-corrected chi connectivity index (χ1v) is 7.36. The molecule has 1 amide bonds. The fourth-order valence-corrected chi connectivity index (χ4v) is 2.76. The van der Waals surface area contributed by atoms with E-state index < -0.39 is 0 Å². The van der Waals surface area contributed by atoms with E-state index in [1.807, 2.05) is 30.3 Å². The molecular weight excluding hydrogens is 254 g/mol. The van der Waals surface area contributed by atoms with E-state index in [9.17, 15) is 9.90 Å². The number of hydrogen-bond donors (Lipinski definition) is 2. The van der Waals surface area contributed by atoms with Crippen LogP contribution in [0.2, 0.25) is 0 Å². The predicted octanol–water partition coefficient (Wildman–Crippen LogP) is 2.42. The molecule has 0 saturated heterocycles. The highest BCUT2D eigenvalue weighted by Crippen LogP contribution is 2.30. The van der Waals surface area contributed by atoms with Crippen LogP contribution in [-0.4, -0.2) is 17.6 Å². The number of aliphatic hydroxyl groups excluding tert-OH is 1. The molecule has 4 nitrogen and oxygen atoms in total. The van der Waals surface area contributed by atoms with Gasteiger partial charge in [-0.05, 0) is 17.9 Å². The molecule has 0 heterocycles. The average molecular weight is 277 g/mol. The molecular formula is C16H23NO3. The second-order valence-corrected chi connectivity index (χ2v) is 5.51. The van der Waals surface area contributed by atoms with Crippen molar-refractivity contribution in [3.8, 4) is 0 Å². The molecule has 4 heteroatoms. The highest BCUT2D eigenvalue weighted by molar-refractivity contribution is 5.77. The lowest BCUT2D eigenvalue weighted by Crippen LogP contribution is -2.33. The Morgan fingerprint density at radius 1 is 1.30 bits per heavy atom. The van der Waals surface area contributed by atoms with Crippen molar-refractivity contribution in [3.05, 3.63) is 35.9 Å². The molecule has 1 unspecified atom stereocenters. The van der Waals surface area contributed by atoms with Crippen LogP contribution in [0.5, 0.6) is 0 Å². The van der Waals surface area contributed by atoms with Crippen molar-refractivity contribution in [2.24, 2.45) is 11.8 Å². The van der Waals surface area contributed by atoms with Gasteiger partial charge in [0.15, 0.2) is 0 Å². The van der Waals surface area contributed by atoms with Gasteiger partial charge in [0.05, 0.1) is 19.1 Å². The van der Waals surface area contributed by atoms with Gasteiger partial charge in [-0.15, -0.1) is 0 Å². The number of carbonyl (C=O) groups excluding carboxylic acids is 1. The molecule has 1 aromatic carbocycles. The standard InChI is InChI=1S/C16H23NO3/c18-11-15(10-13-6-4-5-7-13)16(19)17-20-12-14-8-2-1-3-9-14/h1-3,8-9,13,15,18H,4-7,10-12H2,(H,17,19). The van der Waals surface area contributed by atoms with E-state index in [1.54, 1.807) is 0 Å². The highest BCUT2D eigenvalue weighted by Gasteiger charge is 2.24. The first-order chi connectivity index (χ1) is 9.79. The maximum absolute atomic E-state index is 12.0. The van der Waals surface area contributed by atoms with Gasteiger partial charge in [-0.2, -0.15) is 0 Å². The zero-order chi connectivity index (χ0) is 14.2. The van der Waals surface area contributed by atoms with Crippen LogP contribution < -0.4 is 5.48 Å². The molecule has 0 spiro atoms. The van der Waals surface area contributed by atoms with Gasteiger partial charge in [0.1, 0.15) is 0 Å². The molecule has 1 saturated carbocycles. The molecule has 110 valence electrons. The Balaban J connectivity index is 1.71. The number of hydrogen-bond acceptors (Lipinski definition) is 3. The zero-order valence-corrected chi connectivity index (χ0v) is 11.8. The molecule has 1 aliphatic rings. The van der Waals surface area contributed by atoms with Crippen LogP contribution in [0.15, 0.2) is 30.3 Å². The van der Waals surface area contributed by atoms with Crippen molar-refractivity contribution >= 4 is 5.91 Å². The predicted molar refractivity (Wildman–Crippen MR) is 76.5 cm³/mol. The Bertz CT molecular complexity index is 401. The fourth-order valence-electron chi connectivity index (χ4n) is 2.76. The second kappa shape index (κ2) is 8.02. The minimum Gasteiger partial charge on any atom is -0.396 e. The number of amides is 1. The topological polar surface area (TPSA) is 58.6 Å². The Hall–Kier alpha value is -1.39. The third-order valence-electron chi connectivity index (χ3n) is 3.94. The Morgan fingerprint density at radius 2 is 2.00 bits per heavy atom. The van der Waals surface area contributed by atoms with E-state index in [1.165, 1.54) is 25.7 Å². The summed E-state index contributed by atoms with van der Waals surface area (Å²) in [6.07, 6.45) is 5.60. The lowest BCUT2D eigenvalue weighted by Gasteiger charge is -2.17. The van der Waals surface area contributed by atoms with Gasteiger partial charge in [0.2, 0.25) is 5.91 Å². The molecule has 2 rings (SSSR count). The summed E-state index contributed by atoms with van der Waals surface area (Å²) in [4.78, 5) is 17.2. The fraction of sp³-hybridized carbons (Fsp3) is 0.562. The Labute approximate surface area is 120 Å². The Kier molecular flexibility index (Phi) is 6.02. The summed E-state index contributed by atoms with van der Waals surface area (Å²) in [5.41, 5.74) is 3.46. The highest BCUT2D eigenvalue weighted by atomic mass is 16.6. The van der Waals surface area contributed by atoms with Gasteiger partial charge < -0.3 is 5.11 Å². The third kappa shape index (κ3) is 4.62. The van der Waals surface area contributed by atoms with Crippen molar-refractivity contribution in [2.45, 2.75) is 38.7 Å². The van der Waals surface area contributed by atoms with E-state index in [0.29, 0.717) is 12.5 Å². The molecule has 1 aromatic rings. The monoisotopic (exact) mass is 277 g/mol. The van der Waals surface area contributed by atoms with Crippen LogP contribution in [0, 0.1) is 11.8 Å². The van der Waals surface area contributed by atoms with Gasteiger partial charge in [-0.25, -0.2) is 5.48 Å². The molecule has 1 fully saturated rings. The van der Waals surface area contributed by atoms with Gasteiger partial charge in [0.25, 0.3) is 0 Å². The molecule has 0 bridgehead atoms. The van der Waals surface area contributed by atoms with Gasteiger partial charge >= 0.3 is 0 Å². The summed E-state index contributed by atoms with van der Waals surface area (Å²) in [5, 5.41) is 9.36. The summed E-state index contributed by atoms with van der Waals surface area (Å²) >= 11 is 0. The number of carbonyl (C=O) groups is 1. The first kappa shape index (κ1) is 15.0. The van der Waals surface area contributed by atoms with Crippen LogP contribution in [0.4, 0.5) is 0 Å². The second-order valence-electron chi connectivity index (χ2n) is 5.51. The van der Waals surface area contributed by atoms with Crippen LogP contribution >= 0.6 is 0 Å². The van der Waals surface area contributed by atoms with Gasteiger partial charge in [-0.1, -0.05) is 56.0 Å². The number of nitrogens with one attached hydrogen (secondary N) is 1. The number of hydroxylamine groups is 1. The van der Waals surface area contributed by atoms with Crippen LogP contribution in [0.3, 0.4) is 0 Å². The Morgan fingerprint density at radius 3 is 2.65 bits per heavy atom. The number of aliphatic hydroxyl groups is 1. The van der Waals surface area contributed by atoms with Crippen molar-refractivity contribution in [1.82, 2.24) is 5.48 Å². The van der Waals surface area contributed by atoms with E-state index in [0.717, 1.165) is 12.0 Å². The molecule has 0 radical (unpaired) electrons. The van der Waals surface area contributed by atoms with E-state index in [-0.39, 0.29) is 18.4 Å². The van der Waals surface area contributed by atoms with Crippen molar-refractivity contribution in [2.75, 3.05) is 6.61 Å². The van der Waals surface area contributed by atoms with Crippen molar-refractivity contribution < 1.29 is 14.7 Å². The number of rotatable bonds is 7. The van der Waals surface area contributed by atoms with E-state index >= 15 is 0 Å². The minimum absolute atomic E-state index is 0.114. The first-order valence-electron chi connectivity index (χ1n) is 7.36. The maximum Gasteiger partial charge on any atom is 0.248 e. The van der Waals surface area contributed by atoms with E-state index in [4.69, 9.17) is 4.84 Å². The third-order valence-corrected chi connectivity index (χ3v) is 3.94. The van der Waals surface area contributed by atoms with Crippen molar-refractivity contribution in [1.29, 1.82) is 0 Å². The quantitative estimate of drug-likeness (QED) is 0.753. The largest absolute Gasteiger partial charge is 0.396 e. The summed E-state index contributed by atoms with van der Waals surface area (Å²) in [6.45, 7) is 0.227. The van der Waals surface area contributed by atoms with Crippen molar-refractivity contribution in [3.63, 3.8) is 0 Å².